The molecule has 0 radical (unpaired) electrons. The molecule has 1 amide bonds. The summed E-state index contributed by atoms with van der Waals surface area (Å²) in [6.45, 7) is 5.72. The maximum Gasteiger partial charge on any atom is 0.432 e. The summed E-state index contributed by atoms with van der Waals surface area (Å²) in [5.41, 5.74) is 0.733. The Morgan fingerprint density at radius 3 is 2.20 bits per heavy atom. The summed E-state index contributed by atoms with van der Waals surface area (Å²) in [6, 6.07) is 10.0. The van der Waals surface area contributed by atoms with Crippen LogP contribution in [0.25, 0.3) is 22.0 Å². The lowest BCUT2D eigenvalue weighted by atomic mass is 9.82. The number of carbonyl (C=O) groups is 2. The second kappa shape index (κ2) is 10.7. The highest BCUT2D eigenvalue weighted by molar-refractivity contribution is 6.41. The lowest BCUT2D eigenvalue weighted by Crippen LogP contribution is -2.15. The first-order chi connectivity index (χ1) is 18.8. The quantitative estimate of drug-likeness (QED) is 0.181. The van der Waals surface area contributed by atoms with Crippen LogP contribution in [0, 0.1) is 10.1 Å². The van der Waals surface area contributed by atoms with E-state index in [-0.39, 0.29) is 32.6 Å². The zero-order chi connectivity index (χ0) is 29.5. The zero-order valence-electron chi connectivity index (χ0n) is 22.0. The van der Waals surface area contributed by atoms with Crippen LogP contribution in [0.2, 0.25) is 10.0 Å². The van der Waals surface area contributed by atoms with Gasteiger partial charge >= 0.3 is 6.09 Å². The predicted molar refractivity (Wildman–Crippen MR) is 151 cm³/mol. The second-order valence-corrected chi connectivity index (χ2v) is 10.5. The number of nitro benzene ring substituents is 1. The van der Waals surface area contributed by atoms with Crippen molar-refractivity contribution < 1.29 is 29.1 Å². The molecule has 2 N–H and O–H groups in total. The highest BCUT2D eigenvalue weighted by Gasteiger charge is 2.29. The van der Waals surface area contributed by atoms with E-state index in [1.165, 1.54) is 32.4 Å². The molecule has 1 aromatic heterocycles. The summed E-state index contributed by atoms with van der Waals surface area (Å²) in [5, 5.41) is 28.7. The molecule has 0 aliphatic rings. The lowest BCUT2D eigenvalue weighted by molar-refractivity contribution is -0.384. The molecule has 0 saturated carbocycles. The number of hydrogen-bond acceptors (Lipinski definition) is 7. The summed E-state index contributed by atoms with van der Waals surface area (Å²) in [6.07, 6.45) is -1.40. The van der Waals surface area contributed by atoms with E-state index in [2.05, 4.69) is 10.4 Å². The van der Waals surface area contributed by atoms with Crippen LogP contribution in [-0.2, 0) is 5.41 Å². The normalized spacial score (nSPS) is 11.4. The summed E-state index contributed by atoms with van der Waals surface area (Å²) in [4.78, 5) is 35.9. The van der Waals surface area contributed by atoms with Gasteiger partial charge < -0.3 is 19.9 Å². The van der Waals surface area contributed by atoms with Crippen molar-refractivity contribution in [3.05, 3.63) is 73.8 Å². The fourth-order valence-corrected chi connectivity index (χ4v) is 5.01. The number of amides is 1. The molecule has 4 rings (SSSR count). The molecule has 0 unspecified atom stereocenters. The Hall–Kier alpha value is -4.35. The minimum absolute atomic E-state index is 0.00296. The van der Waals surface area contributed by atoms with Gasteiger partial charge in [-0.1, -0.05) is 50.0 Å². The molecule has 11 nitrogen and oxygen atoms in total. The number of ether oxygens (including phenoxy) is 2. The van der Waals surface area contributed by atoms with E-state index in [9.17, 15) is 24.8 Å². The molecule has 1 heterocycles. The molecule has 208 valence electrons. The molecule has 0 saturated heterocycles. The number of nitro groups is 1. The third-order valence-electron chi connectivity index (χ3n) is 6.19. The third-order valence-corrected chi connectivity index (χ3v) is 6.94. The molecule has 40 heavy (non-hydrogen) atoms. The predicted octanol–water partition coefficient (Wildman–Crippen LogP) is 7.01. The van der Waals surface area contributed by atoms with Crippen molar-refractivity contribution in [1.29, 1.82) is 0 Å². The van der Waals surface area contributed by atoms with E-state index < -0.39 is 22.3 Å². The van der Waals surface area contributed by atoms with Gasteiger partial charge in [0.25, 0.3) is 11.6 Å². The van der Waals surface area contributed by atoms with Crippen LogP contribution >= 0.6 is 23.2 Å². The van der Waals surface area contributed by atoms with E-state index in [1.807, 2.05) is 20.8 Å². The second-order valence-electron chi connectivity index (χ2n) is 9.76. The molecule has 0 spiro atoms. The number of nitrogens with zero attached hydrogens (tertiary/aromatic N) is 3. The van der Waals surface area contributed by atoms with Gasteiger partial charge in [0.15, 0.2) is 5.82 Å². The van der Waals surface area contributed by atoms with E-state index in [0.29, 0.717) is 33.6 Å². The monoisotopic (exact) mass is 586 g/mol. The standard InChI is InChI=1S/C27H24Cl2N4O7/c1-27(2,3)16-10-14(20-22(28)18(39-4)12-19(40-5)23(20)29)11-17-21(16)24(31-32(17)26(35)36)30-25(34)13-7-6-8-15(9-13)33(37)38/h6-12H,1-5H3,(H,35,36)(H,30,31,34). The minimum Gasteiger partial charge on any atom is -0.495 e. The summed E-state index contributed by atoms with van der Waals surface area (Å²) < 4.78 is 11.5. The first kappa shape index (κ1) is 28.7. The van der Waals surface area contributed by atoms with Gasteiger partial charge in [0.1, 0.15) is 11.5 Å². The Balaban J connectivity index is 2.00. The van der Waals surface area contributed by atoms with Crippen LogP contribution in [0.3, 0.4) is 0 Å². The van der Waals surface area contributed by atoms with E-state index in [4.69, 9.17) is 32.7 Å². The van der Waals surface area contributed by atoms with Crippen molar-refractivity contribution >= 4 is 57.6 Å². The number of nitrogens with one attached hydrogen (secondary N) is 1. The van der Waals surface area contributed by atoms with E-state index in [1.54, 1.807) is 18.2 Å². The first-order valence-corrected chi connectivity index (χ1v) is 12.5. The SMILES string of the molecule is COc1cc(OC)c(Cl)c(-c2cc(C(C)(C)C)c3c(NC(=O)c4cccc([N+](=O)[O-])c4)nn(C(=O)O)c3c2)c1Cl. The number of fused-ring (bicyclic) bond motifs is 1. The smallest absolute Gasteiger partial charge is 0.432 e. The van der Waals surface area contributed by atoms with Crippen molar-refractivity contribution in [2.24, 2.45) is 0 Å². The fourth-order valence-electron chi connectivity index (χ4n) is 4.30. The molecule has 0 bridgehead atoms. The number of methoxy groups -OCH3 is 2. The van der Waals surface area contributed by atoms with Gasteiger partial charge in [-0.3, -0.25) is 14.9 Å². The van der Waals surface area contributed by atoms with Crippen LogP contribution in [0.15, 0.2) is 42.5 Å². The van der Waals surface area contributed by atoms with E-state index >= 15 is 0 Å². The Morgan fingerprint density at radius 1 is 1.05 bits per heavy atom. The fraction of sp³-hybridized carbons (Fsp3) is 0.222. The maximum absolute atomic E-state index is 13.1. The number of halogens is 2. The van der Waals surface area contributed by atoms with Crippen molar-refractivity contribution in [1.82, 2.24) is 9.78 Å². The van der Waals surface area contributed by atoms with Gasteiger partial charge in [0.05, 0.1) is 34.7 Å². The molecule has 0 aliphatic heterocycles. The van der Waals surface area contributed by atoms with Gasteiger partial charge in [-0.2, -0.15) is 4.68 Å². The van der Waals surface area contributed by atoms with Gasteiger partial charge in [0.2, 0.25) is 0 Å². The summed E-state index contributed by atoms with van der Waals surface area (Å²) in [5.74, 6) is -0.141. The van der Waals surface area contributed by atoms with Crippen LogP contribution in [0.5, 0.6) is 11.5 Å². The van der Waals surface area contributed by atoms with Crippen LogP contribution in [0.1, 0.15) is 36.7 Å². The maximum atomic E-state index is 13.1. The van der Waals surface area contributed by atoms with Crippen LogP contribution in [-0.4, -0.2) is 46.0 Å². The largest absolute Gasteiger partial charge is 0.495 e. The molecule has 0 aliphatic carbocycles. The van der Waals surface area contributed by atoms with Crippen molar-refractivity contribution in [2.45, 2.75) is 26.2 Å². The molecule has 0 fully saturated rings. The lowest BCUT2D eigenvalue weighted by Gasteiger charge is -2.23. The Morgan fingerprint density at radius 2 is 1.68 bits per heavy atom. The molecular weight excluding hydrogens is 563 g/mol. The van der Waals surface area contributed by atoms with Crippen molar-refractivity contribution in [3.63, 3.8) is 0 Å². The number of benzene rings is 3. The number of aromatic nitrogens is 2. The molecule has 4 aromatic rings. The van der Waals surface area contributed by atoms with Crippen molar-refractivity contribution in [3.8, 4) is 22.6 Å². The summed E-state index contributed by atoms with van der Waals surface area (Å²) in [7, 11) is 2.88. The number of non-ortho nitro benzene ring substituents is 1. The number of rotatable bonds is 6. The van der Waals surface area contributed by atoms with Crippen molar-refractivity contribution in [2.75, 3.05) is 19.5 Å². The highest BCUT2D eigenvalue weighted by atomic mass is 35.5. The first-order valence-electron chi connectivity index (χ1n) is 11.7. The summed E-state index contributed by atoms with van der Waals surface area (Å²) >= 11 is 13.3. The Kier molecular flexibility index (Phi) is 7.64. The van der Waals surface area contributed by atoms with Gasteiger partial charge in [0, 0.05) is 34.7 Å². The average Bonchev–Trinajstić information content (AvgIpc) is 3.26. The number of hydrogen-bond donors (Lipinski definition) is 2. The number of carbonyl (C=O) groups excluding carboxylic acids is 1. The topological polar surface area (TPSA) is 146 Å². The molecule has 13 heteroatoms. The minimum atomic E-state index is -1.40. The number of carboxylic acid groups (broad SMARTS) is 1. The Bertz CT molecular complexity index is 1660. The van der Waals surface area contributed by atoms with Crippen LogP contribution in [0.4, 0.5) is 16.3 Å². The molecule has 0 atom stereocenters. The van der Waals surface area contributed by atoms with Gasteiger partial charge in [-0.05, 0) is 34.7 Å². The van der Waals surface area contributed by atoms with Gasteiger partial charge in [-0.25, -0.2) is 4.79 Å². The Labute approximate surface area is 238 Å². The van der Waals surface area contributed by atoms with Gasteiger partial charge in [-0.15, -0.1) is 5.10 Å². The zero-order valence-corrected chi connectivity index (χ0v) is 23.5. The third kappa shape index (κ3) is 5.13. The molecule has 3 aromatic carbocycles. The average molecular weight is 587 g/mol. The number of anilines is 1. The van der Waals surface area contributed by atoms with E-state index in [0.717, 1.165) is 10.7 Å². The van der Waals surface area contributed by atoms with Crippen LogP contribution < -0.4 is 14.8 Å². The molecular formula is C27H24Cl2N4O7. The highest BCUT2D eigenvalue weighted by Crippen LogP contribution is 2.48.